The molecule has 1 amide bonds. The van der Waals surface area contributed by atoms with Gasteiger partial charge in [0.15, 0.2) is 5.96 Å². The number of methoxy groups -OCH3 is 1. The number of hydrogen-bond acceptors (Lipinski definition) is 5. The molecule has 0 aromatic heterocycles. The molecule has 9 heteroatoms. The molecule has 0 saturated carbocycles. The van der Waals surface area contributed by atoms with Gasteiger partial charge in [0.05, 0.1) is 25.8 Å². The molecule has 1 aromatic rings. The highest BCUT2D eigenvalue weighted by molar-refractivity contribution is 14.0. The number of aliphatic imine (C=N–C) groups is 1. The van der Waals surface area contributed by atoms with Gasteiger partial charge in [-0.15, -0.1) is 24.0 Å². The first-order valence-corrected chi connectivity index (χ1v) is 10.5. The zero-order chi connectivity index (χ0) is 22.2. The van der Waals surface area contributed by atoms with Crippen molar-refractivity contribution < 1.29 is 19.0 Å². The summed E-state index contributed by atoms with van der Waals surface area (Å²) >= 11 is 0. The molecular weight excluding hydrogens is 511 g/mol. The fraction of sp³-hybridized carbons (Fsp3) is 0.636. The summed E-state index contributed by atoms with van der Waals surface area (Å²) in [4.78, 5) is 16.9. The summed E-state index contributed by atoms with van der Waals surface area (Å²) in [6.45, 7) is 11.2. The Bertz CT molecular complexity index is 624. The maximum absolute atomic E-state index is 12.3. The fourth-order valence-corrected chi connectivity index (χ4v) is 2.52. The number of rotatable bonds is 12. The Morgan fingerprint density at radius 2 is 1.81 bits per heavy atom. The van der Waals surface area contributed by atoms with Crippen molar-refractivity contribution in [2.75, 3.05) is 46.6 Å². The first-order valence-electron chi connectivity index (χ1n) is 10.5. The van der Waals surface area contributed by atoms with Crippen LogP contribution >= 0.6 is 24.0 Å². The Morgan fingerprint density at radius 1 is 1.10 bits per heavy atom. The maximum atomic E-state index is 12.3. The Labute approximate surface area is 203 Å². The van der Waals surface area contributed by atoms with E-state index in [1.165, 1.54) is 0 Å². The van der Waals surface area contributed by atoms with Crippen molar-refractivity contribution in [1.82, 2.24) is 16.0 Å². The van der Waals surface area contributed by atoms with E-state index < -0.39 is 11.7 Å². The molecule has 0 saturated heterocycles. The first-order chi connectivity index (χ1) is 14.4. The topological polar surface area (TPSA) is 93.2 Å². The van der Waals surface area contributed by atoms with Crippen LogP contribution < -0.4 is 16.0 Å². The van der Waals surface area contributed by atoms with Gasteiger partial charge in [0.2, 0.25) is 0 Å². The van der Waals surface area contributed by atoms with E-state index in [-0.39, 0.29) is 30.0 Å². The van der Waals surface area contributed by atoms with Gasteiger partial charge in [-0.25, -0.2) is 4.79 Å². The van der Waals surface area contributed by atoms with Crippen molar-refractivity contribution in [2.24, 2.45) is 4.99 Å². The van der Waals surface area contributed by atoms with Gasteiger partial charge in [0.1, 0.15) is 5.60 Å². The standard InChI is InChI=1S/C22H38N4O4.HI/c1-6-23-20(24-13-10-14-29-16-15-28-5)25-17-19(18-11-8-7-9-12-18)26-21(27)30-22(2,3)4;/h7-9,11-12,19H,6,10,13-17H2,1-5H3,(H,26,27)(H2,23,24,25);1H. The monoisotopic (exact) mass is 550 g/mol. The third-order valence-electron chi connectivity index (χ3n) is 3.86. The molecule has 1 unspecified atom stereocenters. The molecular formula is C22H39IN4O4. The average molecular weight is 550 g/mol. The Balaban J connectivity index is 0.00000900. The van der Waals surface area contributed by atoms with Crippen molar-refractivity contribution in [3.8, 4) is 0 Å². The number of hydrogen-bond donors (Lipinski definition) is 3. The molecule has 0 aliphatic carbocycles. The molecule has 0 spiro atoms. The maximum Gasteiger partial charge on any atom is 0.408 e. The van der Waals surface area contributed by atoms with E-state index >= 15 is 0 Å². The lowest BCUT2D eigenvalue weighted by Crippen LogP contribution is -2.40. The van der Waals surface area contributed by atoms with E-state index in [0.29, 0.717) is 32.3 Å². The van der Waals surface area contributed by atoms with Gasteiger partial charge in [-0.05, 0) is 39.7 Å². The van der Waals surface area contributed by atoms with Crippen LogP contribution in [0.15, 0.2) is 35.3 Å². The van der Waals surface area contributed by atoms with Crippen LogP contribution in [0.2, 0.25) is 0 Å². The predicted molar refractivity (Wildman–Crippen MR) is 135 cm³/mol. The van der Waals surface area contributed by atoms with Crippen LogP contribution in [0, 0.1) is 0 Å². The summed E-state index contributed by atoms with van der Waals surface area (Å²) in [6.07, 6.45) is 0.393. The number of amides is 1. The zero-order valence-electron chi connectivity index (χ0n) is 19.4. The number of nitrogens with one attached hydrogen (secondary N) is 3. The number of guanidine groups is 1. The lowest BCUT2D eigenvalue weighted by atomic mass is 10.1. The average Bonchev–Trinajstić information content (AvgIpc) is 2.69. The lowest BCUT2D eigenvalue weighted by molar-refractivity contribution is 0.0505. The van der Waals surface area contributed by atoms with E-state index in [0.717, 1.165) is 25.1 Å². The highest BCUT2D eigenvalue weighted by atomic mass is 127. The van der Waals surface area contributed by atoms with E-state index in [4.69, 9.17) is 14.2 Å². The normalized spacial score (nSPS) is 12.5. The molecule has 31 heavy (non-hydrogen) atoms. The number of benzene rings is 1. The summed E-state index contributed by atoms with van der Waals surface area (Å²) in [5.74, 6) is 0.696. The third-order valence-corrected chi connectivity index (χ3v) is 3.86. The minimum Gasteiger partial charge on any atom is -0.444 e. The SMILES string of the molecule is CCNC(=NCC(NC(=O)OC(C)(C)C)c1ccccc1)NCCCOCCOC.I. The number of halogens is 1. The molecule has 1 atom stereocenters. The van der Waals surface area contributed by atoms with Crippen LogP contribution in [0.3, 0.4) is 0 Å². The molecule has 0 fully saturated rings. The van der Waals surface area contributed by atoms with Crippen molar-refractivity contribution in [1.29, 1.82) is 0 Å². The van der Waals surface area contributed by atoms with Crippen LogP contribution in [0.4, 0.5) is 4.79 Å². The Kier molecular flexibility index (Phi) is 16.1. The summed E-state index contributed by atoms with van der Waals surface area (Å²) in [5, 5.41) is 9.45. The highest BCUT2D eigenvalue weighted by Gasteiger charge is 2.20. The van der Waals surface area contributed by atoms with E-state index in [1.807, 2.05) is 58.0 Å². The first kappa shape index (κ1) is 29.4. The summed E-state index contributed by atoms with van der Waals surface area (Å²) in [7, 11) is 1.66. The van der Waals surface area contributed by atoms with Gasteiger partial charge >= 0.3 is 6.09 Å². The second-order valence-corrected chi connectivity index (χ2v) is 7.71. The van der Waals surface area contributed by atoms with Gasteiger partial charge in [0.25, 0.3) is 0 Å². The molecule has 0 aliphatic heterocycles. The van der Waals surface area contributed by atoms with Gasteiger partial charge in [0, 0.05) is 26.8 Å². The second kappa shape index (κ2) is 17.0. The number of alkyl carbamates (subject to hydrolysis) is 1. The highest BCUT2D eigenvalue weighted by Crippen LogP contribution is 2.15. The quantitative estimate of drug-likeness (QED) is 0.160. The minimum atomic E-state index is -0.559. The third kappa shape index (κ3) is 14.9. The van der Waals surface area contributed by atoms with Gasteiger partial charge < -0.3 is 30.2 Å². The van der Waals surface area contributed by atoms with E-state index in [2.05, 4.69) is 20.9 Å². The van der Waals surface area contributed by atoms with Crippen molar-refractivity contribution >= 4 is 36.0 Å². The molecule has 0 bridgehead atoms. The zero-order valence-corrected chi connectivity index (χ0v) is 21.7. The van der Waals surface area contributed by atoms with Crippen LogP contribution in [-0.2, 0) is 14.2 Å². The Morgan fingerprint density at radius 3 is 2.42 bits per heavy atom. The molecule has 178 valence electrons. The van der Waals surface area contributed by atoms with Gasteiger partial charge in [-0.1, -0.05) is 30.3 Å². The van der Waals surface area contributed by atoms with Crippen molar-refractivity contribution in [3.05, 3.63) is 35.9 Å². The number of carbonyl (C=O) groups excluding carboxylic acids is 1. The number of carbonyl (C=O) groups is 1. The largest absolute Gasteiger partial charge is 0.444 e. The molecule has 0 heterocycles. The van der Waals surface area contributed by atoms with Crippen LogP contribution in [0.1, 0.15) is 45.7 Å². The minimum absolute atomic E-state index is 0. The van der Waals surface area contributed by atoms with Crippen LogP contribution in [-0.4, -0.2) is 64.2 Å². The van der Waals surface area contributed by atoms with Crippen molar-refractivity contribution in [2.45, 2.75) is 45.8 Å². The molecule has 1 aromatic carbocycles. The lowest BCUT2D eigenvalue weighted by Gasteiger charge is -2.23. The van der Waals surface area contributed by atoms with E-state index in [9.17, 15) is 4.79 Å². The smallest absolute Gasteiger partial charge is 0.408 e. The molecule has 0 radical (unpaired) electrons. The Hall–Kier alpha value is -1.59. The van der Waals surface area contributed by atoms with Crippen molar-refractivity contribution in [3.63, 3.8) is 0 Å². The fourth-order valence-electron chi connectivity index (χ4n) is 2.52. The van der Waals surface area contributed by atoms with Crippen LogP contribution in [0.25, 0.3) is 0 Å². The molecule has 3 N–H and O–H groups in total. The van der Waals surface area contributed by atoms with Gasteiger partial charge in [-0.3, -0.25) is 4.99 Å². The van der Waals surface area contributed by atoms with E-state index in [1.54, 1.807) is 7.11 Å². The second-order valence-electron chi connectivity index (χ2n) is 7.71. The number of nitrogens with zero attached hydrogens (tertiary/aromatic N) is 1. The molecule has 0 aliphatic rings. The summed E-state index contributed by atoms with van der Waals surface area (Å²) in [6, 6.07) is 9.46. The van der Waals surface area contributed by atoms with Crippen LogP contribution in [0.5, 0.6) is 0 Å². The molecule has 1 rings (SSSR count). The number of ether oxygens (including phenoxy) is 3. The van der Waals surface area contributed by atoms with Gasteiger partial charge in [-0.2, -0.15) is 0 Å². The summed E-state index contributed by atoms with van der Waals surface area (Å²) < 4.78 is 15.8. The summed E-state index contributed by atoms with van der Waals surface area (Å²) in [5.41, 5.74) is 0.408. The molecule has 8 nitrogen and oxygen atoms in total. The predicted octanol–water partition coefficient (Wildman–Crippen LogP) is 3.48.